The van der Waals surface area contributed by atoms with Gasteiger partial charge in [-0.05, 0) is 24.3 Å². The monoisotopic (exact) mass is 346 g/mol. The zero-order valence-corrected chi connectivity index (χ0v) is 12.8. The lowest BCUT2D eigenvalue weighted by atomic mass is 10.1. The molecule has 6 nitrogen and oxygen atoms in total. The van der Waals surface area contributed by atoms with Gasteiger partial charge in [-0.2, -0.15) is 13.2 Å². The molecule has 0 saturated heterocycles. The molecule has 3 heterocycles. The number of nitrogens with two attached hydrogens (primary N) is 1. The van der Waals surface area contributed by atoms with Gasteiger partial charge in [-0.25, -0.2) is 15.0 Å². The highest BCUT2D eigenvalue weighted by molar-refractivity contribution is 5.68. The van der Waals surface area contributed by atoms with Crippen LogP contribution in [0.2, 0.25) is 0 Å². The van der Waals surface area contributed by atoms with Gasteiger partial charge in [-0.3, -0.25) is 4.98 Å². The zero-order chi connectivity index (χ0) is 17.9. The first kappa shape index (κ1) is 16.6. The molecular formula is C16H13F3N6. The standard InChI is InChI=1S/C16H13F3N6/c17-16(18,19)12-3-6-21-8-10(12)9-24-13-4-7-23-15(25-13)11-2-1-5-22-14(11)20/h1-8H,9H2,(H2,20,22)(H,23,24,25). The Bertz CT molecular complexity index is 881. The van der Waals surface area contributed by atoms with Crippen LogP contribution in [0.5, 0.6) is 0 Å². The molecule has 3 aromatic heterocycles. The van der Waals surface area contributed by atoms with Crippen LogP contribution >= 0.6 is 0 Å². The molecule has 25 heavy (non-hydrogen) atoms. The van der Waals surface area contributed by atoms with E-state index in [-0.39, 0.29) is 17.9 Å². The number of hydrogen-bond acceptors (Lipinski definition) is 6. The average Bonchev–Trinajstić information content (AvgIpc) is 2.60. The number of hydrogen-bond donors (Lipinski definition) is 2. The van der Waals surface area contributed by atoms with Gasteiger partial charge in [0.2, 0.25) is 0 Å². The smallest absolute Gasteiger partial charge is 0.383 e. The van der Waals surface area contributed by atoms with E-state index in [1.807, 2.05) is 0 Å². The number of pyridine rings is 2. The van der Waals surface area contributed by atoms with Crippen LogP contribution in [-0.4, -0.2) is 19.9 Å². The lowest BCUT2D eigenvalue weighted by Gasteiger charge is -2.13. The largest absolute Gasteiger partial charge is 0.416 e. The molecule has 3 rings (SSSR count). The third kappa shape index (κ3) is 3.82. The van der Waals surface area contributed by atoms with Crippen molar-refractivity contribution in [2.45, 2.75) is 12.7 Å². The number of nitrogen functional groups attached to an aromatic ring is 1. The van der Waals surface area contributed by atoms with Crippen molar-refractivity contribution in [2.24, 2.45) is 0 Å². The number of anilines is 2. The lowest BCUT2D eigenvalue weighted by molar-refractivity contribution is -0.138. The molecule has 0 aliphatic carbocycles. The molecule has 0 saturated carbocycles. The summed E-state index contributed by atoms with van der Waals surface area (Å²) in [5.41, 5.74) is 5.62. The second-order valence-electron chi connectivity index (χ2n) is 5.09. The van der Waals surface area contributed by atoms with E-state index < -0.39 is 11.7 Å². The molecule has 0 bridgehead atoms. The van der Waals surface area contributed by atoms with Crippen molar-refractivity contribution < 1.29 is 13.2 Å². The Kier molecular flexibility index (Phi) is 4.46. The summed E-state index contributed by atoms with van der Waals surface area (Å²) in [5, 5.41) is 2.85. The van der Waals surface area contributed by atoms with Crippen LogP contribution in [0.4, 0.5) is 24.8 Å². The molecule has 0 spiro atoms. The van der Waals surface area contributed by atoms with Gasteiger partial charge in [0.05, 0.1) is 11.1 Å². The van der Waals surface area contributed by atoms with Gasteiger partial charge in [0.15, 0.2) is 5.82 Å². The van der Waals surface area contributed by atoms with Gasteiger partial charge < -0.3 is 11.1 Å². The van der Waals surface area contributed by atoms with Gasteiger partial charge in [0, 0.05) is 36.9 Å². The first-order valence-electron chi connectivity index (χ1n) is 7.23. The third-order valence-electron chi connectivity index (χ3n) is 3.40. The highest BCUT2D eigenvalue weighted by Crippen LogP contribution is 2.31. The summed E-state index contributed by atoms with van der Waals surface area (Å²) < 4.78 is 39.0. The van der Waals surface area contributed by atoms with Crippen molar-refractivity contribution in [3.8, 4) is 11.4 Å². The highest BCUT2D eigenvalue weighted by atomic mass is 19.4. The van der Waals surface area contributed by atoms with Crippen molar-refractivity contribution in [3.63, 3.8) is 0 Å². The number of alkyl halides is 3. The maximum Gasteiger partial charge on any atom is 0.416 e. The van der Waals surface area contributed by atoms with Gasteiger partial charge in [-0.1, -0.05) is 0 Å². The normalized spacial score (nSPS) is 11.3. The number of nitrogens with one attached hydrogen (secondary N) is 1. The van der Waals surface area contributed by atoms with Crippen LogP contribution in [0, 0.1) is 0 Å². The molecule has 3 N–H and O–H groups in total. The second-order valence-corrected chi connectivity index (χ2v) is 5.09. The molecule has 3 aromatic rings. The van der Waals surface area contributed by atoms with E-state index in [1.54, 1.807) is 24.4 Å². The van der Waals surface area contributed by atoms with E-state index in [0.29, 0.717) is 17.2 Å². The molecule has 0 radical (unpaired) electrons. The summed E-state index contributed by atoms with van der Waals surface area (Å²) in [6, 6.07) is 5.91. The third-order valence-corrected chi connectivity index (χ3v) is 3.40. The quantitative estimate of drug-likeness (QED) is 0.754. The predicted molar refractivity (Wildman–Crippen MR) is 86.2 cm³/mol. The number of halogens is 3. The first-order chi connectivity index (χ1) is 11.9. The Balaban J connectivity index is 1.82. The topological polar surface area (TPSA) is 89.6 Å². The molecule has 0 unspecified atom stereocenters. The minimum absolute atomic E-state index is 0.0241. The maximum atomic E-state index is 13.0. The van der Waals surface area contributed by atoms with Crippen molar-refractivity contribution in [3.05, 3.63) is 60.2 Å². The van der Waals surface area contributed by atoms with E-state index in [4.69, 9.17) is 5.73 Å². The van der Waals surface area contributed by atoms with Gasteiger partial charge >= 0.3 is 6.18 Å². The van der Waals surface area contributed by atoms with E-state index in [9.17, 15) is 13.2 Å². The van der Waals surface area contributed by atoms with Crippen molar-refractivity contribution in [2.75, 3.05) is 11.1 Å². The summed E-state index contributed by atoms with van der Waals surface area (Å²) in [7, 11) is 0. The van der Waals surface area contributed by atoms with Crippen molar-refractivity contribution in [1.29, 1.82) is 0 Å². The van der Waals surface area contributed by atoms with Crippen LogP contribution in [0.1, 0.15) is 11.1 Å². The van der Waals surface area contributed by atoms with Crippen LogP contribution < -0.4 is 11.1 Å². The minimum atomic E-state index is -4.44. The minimum Gasteiger partial charge on any atom is -0.383 e. The van der Waals surface area contributed by atoms with Gasteiger partial charge in [0.1, 0.15) is 11.6 Å². The molecule has 0 fully saturated rings. The molecule has 0 atom stereocenters. The molecular weight excluding hydrogens is 333 g/mol. The van der Waals surface area contributed by atoms with Crippen molar-refractivity contribution in [1.82, 2.24) is 19.9 Å². The van der Waals surface area contributed by atoms with Crippen LogP contribution in [-0.2, 0) is 12.7 Å². The fourth-order valence-electron chi connectivity index (χ4n) is 2.22. The van der Waals surface area contributed by atoms with Crippen LogP contribution in [0.25, 0.3) is 11.4 Å². The number of aromatic nitrogens is 4. The second kappa shape index (κ2) is 6.71. The summed E-state index contributed by atoms with van der Waals surface area (Å²) in [4.78, 5) is 16.1. The van der Waals surface area contributed by atoms with Crippen molar-refractivity contribution >= 4 is 11.6 Å². The summed E-state index contributed by atoms with van der Waals surface area (Å²) in [5.74, 6) is 0.967. The molecule has 0 aliphatic heterocycles. The Morgan fingerprint density at radius 1 is 1.04 bits per heavy atom. The van der Waals surface area contributed by atoms with E-state index in [1.165, 1.54) is 12.4 Å². The maximum absolute atomic E-state index is 13.0. The van der Waals surface area contributed by atoms with Crippen LogP contribution in [0.15, 0.2) is 49.1 Å². The Morgan fingerprint density at radius 3 is 2.64 bits per heavy atom. The van der Waals surface area contributed by atoms with Gasteiger partial charge in [0.25, 0.3) is 0 Å². The predicted octanol–water partition coefficient (Wildman–Crippen LogP) is 3.15. The summed E-state index contributed by atoms with van der Waals surface area (Å²) >= 11 is 0. The Hall–Kier alpha value is -3.23. The number of nitrogens with zero attached hydrogens (tertiary/aromatic N) is 4. The lowest BCUT2D eigenvalue weighted by Crippen LogP contribution is -2.12. The Morgan fingerprint density at radius 2 is 1.88 bits per heavy atom. The summed E-state index contributed by atoms with van der Waals surface area (Å²) in [6.45, 7) is -0.0817. The molecule has 128 valence electrons. The fraction of sp³-hybridized carbons (Fsp3) is 0.125. The van der Waals surface area contributed by atoms with E-state index in [0.717, 1.165) is 12.3 Å². The number of rotatable bonds is 4. The average molecular weight is 346 g/mol. The summed E-state index contributed by atoms with van der Waals surface area (Å²) in [6.07, 6.45) is 0.880. The molecule has 0 aromatic carbocycles. The molecule has 0 amide bonds. The highest BCUT2D eigenvalue weighted by Gasteiger charge is 2.33. The van der Waals surface area contributed by atoms with E-state index in [2.05, 4.69) is 25.3 Å². The SMILES string of the molecule is Nc1ncccc1-c1nccc(NCc2cnccc2C(F)(F)F)n1. The molecule has 0 aliphatic rings. The van der Waals surface area contributed by atoms with Gasteiger partial charge in [-0.15, -0.1) is 0 Å². The van der Waals surface area contributed by atoms with Crippen LogP contribution in [0.3, 0.4) is 0 Å². The zero-order valence-electron chi connectivity index (χ0n) is 12.8. The Labute approximate surface area is 141 Å². The van der Waals surface area contributed by atoms with E-state index >= 15 is 0 Å². The molecule has 9 heteroatoms. The first-order valence-corrected chi connectivity index (χ1v) is 7.23. The fourth-order valence-corrected chi connectivity index (χ4v) is 2.22.